The van der Waals surface area contributed by atoms with Crippen molar-refractivity contribution < 1.29 is 22.8 Å². The van der Waals surface area contributed by atoms with Crippen molar-refractivity contribution in [2.45, 2.75) is 45.8 Å². The molecule has 0 spiro atoms. The Morgan fingerprint density at radius 1 is 0.950 bits per heavy atom. The summed E-state index contributed by atoms with van der Waals surface area (Å²) in [6.07, 6.45) is -1.40. The number of carbonyl (C=O) groups is 2. The highest BCUT2D eigenvalue weighted by molar-refractivity contribution is 5.91. The van der Waals surface area contributed by atoms with Gasteiger partial charge in [-0.1, -0.05) is 0 Å². The van der Waals surface area contributed by atoms with Crippen LogP contribution in [0.15, 0.2) is 29.1 Å². The number of amides is 2. The van der Waals surface area contributed by atoms with E-state index in [9.17, 15) is 27.6 Å². The van der Waals surface area contributed by atoms with Crippen molar-refractivity contribution in [3.05, 3.63) is 45.9 Å². The van der Waals surface area contributed by atoms with Crippen molar-refractivity contribution in [1.82, 2.24) is 24.1 Å². The van der Waals surface area contributed by atoms with Crippen LogP contribution < -0.4 is 20.7 Å². The molecule has 2 aliphatic heterocycles. The number of halogens is 3. The monoisotopic (exact) mass is 560 g/mol. The molecule has 0 aliphatic carbocycles. The van der Waals surface area contributed by atoms with Crippen molar-refractivity contribution in [3.8, 4) is 0 Å². The summed E-state index contributed by atoms with van der Waals surface area (Å²) in [6.45, 7) is 6.31. The number of hydrogen-bond acceptors (Lipinski definition) is 7. The first-order chi connectivity index (χ1) is 19.0. The third-order valence-electron chi connectivity index (χ3n) is 7.44. The number of nitrogens with one attached hydrogen (secondary N) is 1. The number of carbonyl (C=O) groups excluding carboxylic acids is 2. The van der Waals surface area contributed by atoms with Crippen molar-refractivity contribution in [2.24, 2.45) is 0 Å². The normalized spacial score (nSPS) is 16.5. The molecule has 1 aromatic carbocycles. The SMILES string of the molecule is CC(=O)N1CCN(c2c(C)n(CC(=O)Nc3ccc(C(F)(F)F)cc3)c3nc(N4CCCCC4)nn3c2=O)CC1. The number of anilines is 3. The number of nitrogens with zero attached hydrogens (tertiary/aromatic N) is 7. The molecule has 0 saturated carbocycles. The van der Waals surface area contributed by atoms with E-state index in [4.69, 9.17) is 0 Å². The number of alkyl halides is 3. The van der Waals surface area contributed by atoms with Crippen LogP contribution in [0.2, 0.25) is 0 Å². The van der Waals surface area contributed by atoms with Gasteiger partial charge in [-0.25, -0.2) is 0 Å². The van der Waals surface area contributed by atoms with Crippen LogP contribution >= 0.6 is 0 Å². The number of aromatic nitrogens is 4. The lowest BCUT2D eigenvalue weighted by Gasteiger charge is -2.36. The minimum Gasteiger partial charge on any atom is -0.362 e. The van der Waals surface area contributed by atoms with E-state index in [1.807, 2.05) is 9.80 Å². The molecule has 0 unspecified atom stereocenters. The summed E-state index contributed by atoms with van der Waals surface area (Å²) in [6, 6.07) is 4.20. The summed E-state index contributed by atoms with van der Waals surface area (Å²) < 4.78 is 41.6. The fraction of sp³-hybridized carbons (Fsp3) is 0.500. The van der Waals surface area contributed by atoms with Crippen LogP contribution in [0.1, 0.15) is 37.4 Å². The fourth-order valence-electron chi connectivity index (χ4n) is 5.25. The van der Waals surface area contributed by atoms with Gasteiger partial charge in [0.25, 0.3) is 5.56 Å². The highest BCUT2D eigenvalue weighted by Crippen LogP contribution is 2.30. The van der Waals surface area contributed by atoms with Gasteiger partial charge in [0.2, 0.25) is 23.5 Å². The Bertz CT molecular complexity index is 1470. The van der Waals surface area contributed by atoms with Crippen LogP contribution in [0.5, 0.6) is 0 Å². The summed E-state index contributed by atoms with van der Waals surface area (Å²) in [5.74, 6) is 0.0818. The minimum absolute atomic E-state index is 0.0355. The van der Waals surface area contributed by atoms with Crippen molar-refractivity contribution in [1.29, 1.82) is 0 Å². The molecule has 4 heterocycles. The molecular weight excluding hydrogens is 529 g/mol. The lowest BCUT2D eigenvalue weighted by Crippen LogP contribution is -2.50. The van der Waals surface area contributed by atoms with E-state index in [2.05, 4.69) is 15.4 Å². The number of fused-ring (bicyclic) bond motifs is 1. The maximum absolute atomic E-state index is 13.7. The average molecular weight is 561 g/mol. The van der Waals surface area contributed by atoms with Crippen LogP contribution in [0, 0.1) is 6.92 Å². The second-order valence-corrected chi connectivity index (χ2v) is 10.1. The summed E-state index contributed by atoms with van der Waals surface area (Å²) in [5, 5.41) is 7.16. The Morgan fingerprint density at radius 2 is 1.60 bits per heavy atom. The molecule has 5 rings (SSSR count). The quantitative estimate of drug-likeness (QED) is 0.511. The van der Waals surface area contributed by atoms with Crippen molar-refractivity contribution in [2.75, 3.05) is 54.4 Å². The topological polar surface area (TPSA) is 108 Å². The number of benzene rings is 1. The highest BCUT2D eigenvalue weighted by Gasteiger charge is 2.30. The van der Waals surface area contributed by atoms with Gasteiger partial charge in [0, 0.05) is 57.6 Å². The second kappa shape index (κ2) is 10.8. The van der Waals surface area contributed by atoms with E-state index < -0.39 is 17.6 Å². The van der Waals surface area contributed by atoms with Crippen molar-refractivity contribution >= 4 is 34.9 Å². The predicted octanol–water partition coefficient (Wildman–Crippen LogP) is 2.52. The lowest BCUT2D eigenvalue weighted by atomic mass is 10.1. The highest BCUT2D eigenvalue weighted by atomic mass is 19.4. The molecule has 2 fully saturated rings. The molecule has 2 amide bonds. The van der Waals surface area contributed by atoms with Crippen molar-refractivity contribution in [3.63, 3.8) is 0 Å². The Hall–Kier alpha value is -4.10. The van der Waals surface area contributed by atoms with Gasteiger partial charge in [0.15, 0.2) is 0 Å². The first kappa shape index (κ1) is 27.5. The zero-order valence-electron chi connectivity index (χ0n) is 22.4. The number of piperazine rings is 1. The molecule has 1 N–H and O–H groups in total. The molecule has 3 aromatic rings. The minimum atomic E-state index is -4.48. The van der Waals surface area contributed by atoms with E-state index in [-0.39, 0.29) is 29.5 Å². The van der Waals surface area contributed by atoms with Crippen LogP contribution in [0.3, 0.4) is 0 Å². The third-order valence-corrected chi connectivity index (χ3v) is 7.44. The average Bonchev–Trinajstić information content (AvgIpc) is 3.38. The lowest BCUT2D eigenvalue weighted by molar-refractivity contribution is -0.137. The molecule has 2 aliphatic rings. The fourth-order valence-corrected chi connectivity index (χ4v) is 5.25. The molecular formula is C26H31F3N8O3. The number of hydrogen-bond donors (Lipinski definition) is 1. The van der Waals surface area contributed by atoms with Gasteiger partial charge in [0.05, 0.1) is 5.56 Å². The van der Waals surface area contributed by atoms with E-state index in [1.165, 1.54) is 23.6 Å². The molecule has 214 valence electrons. The van der Waals surface area contributed by atoms with Crippen LogP contribution in [-0.2, 0) is 22.3 Å². The molecule has 14 heteroatoms. The summed E-state index contributed by atoms with van der Waals surface area (Å²) in [5.41, 5.74) is -0.0866. The summed E-state index contributed by atoms with van der Waals surface area (Å²) >= 11 is 0. The number of rotatable bonds is 5. The Labute approximate surface area is 228 Å². The third kappa shape index (κ3) is 5.47. The van der Waals surface area contributed by atoms with Gasteiger partial charge in [-0.2, -0.15) is 22.7 Å². The zero-order chi connectivity index (χ0) is 28.6. The Morgan fingerprint density at radius 3 is 2.20 bits per heavy atom. The van der Waals surface area contributed by atoms with E-state index in [0.29, 0.717) is 43.5 Å². The van der Waals surface area contributed by atoms with E-state index >= 15 is 0 Å². The first-order valence-corrected chi connectivity index (χ1v) is 13.3. The maximum atomic E-state index is 13.7. The van der Waals surface area contributed by atoms with Gasteiger partial charge in [0.1, 0.15) is 12.2 Å². The van der Waals surface area contributed by atoms with Gasteiger partial charge >= 0.3 is 6.18 Å². The zero-order valence-corrected chi connectivity index (χ0v) is 22.4. The number of piperidine rings is 1. The molecule has 40 heavy (non-hydrogen) atoms. The molecule has 11 nitrogen and oxygen atoms in total. The largest absolute Gasteiger partial charge is 0.416 e. The van der Waals surface area contributed by atoms with Gasteiger partial charge in [-0.05, 0) is 50.5 Å². The van der Waals surface area contributed by atoms with E-state index in [0.717, 1.165) is 44.5 Å². The van der Waals surface area contributed by atoms with Gasteiger partial charge in [-0.3, -0.25) is 14.4 Å². The van der Waals surface area contributed by atoms with Crippen LogP contribution in [0.4, 0.5) is 30.5 Å². The Balaban J connectivity index is 1.49. The second-order valence-electron chi connectivity index (χ2n) is 10.1. The van der Waals surface area contributed by atoms with Crippen LogP contribution in [0.25, 0.3) is 5.78 Å². The molecule has 0 bridgehead atoms. The molecule has 0 atom stereocenters. The summed E-state index contributed by atoms with van der Waals surface area (Å²) in [7, 11) is 0. The van der Waals surface area contributed by atoms with E-state index in [1.54, 1.807) is 16.4 Å². The van der Waals surface area contributed by atoms with Crippen LogP contribution in [-0.4, -0.2) is 75.1 Å². The molecule has 2 saturated heterocycles. The standard InChI is InChI=1S/C26H31F3N8O3/c1-17-22(34-14-12-33(13-15-34)18(2)38)23(40)37-25(31-24(32-37)35-10-4-3-5-11-35)36(17)16-21(39)30-20-8-6-19(7-9-20)26(27,28)29/h6-9H,3-5,10-16H2,1-2H3,(H,30,39). The summed E-state index contributed by atoms with van der Waals surface area (Å²) in [4.78, 5) is 48.9. The predicted molar refractivity (Wildman–Crippen MR) is 143 cm³/mol. The Kier molecular flexibility index (Phi) is 7.43. The molecule has 0 radical (unpaired) electrons. The first-order valence-electron chi connectivity index (χ1n) is 13.3. The smallest absolute Gasteiger partial charge is 0.362 e. The van der Waals surface area contributed by atoms with Gasteiger partial charge in [-0.15, -0.1) is 5.10 Å². The molecule has 2 aromatic heterocycles. The maximum Gasteiger partial charge on any atom is 0.416 e. The van der Waals surface area contributed by atoms with Gasteiger partial charge < -0.3 is 24.6 Å².